The standard InChI is InChI=1S/C72H58F2N2.C68H50F2N2/c1-43-27-44(2)32-53(31-43)55-39-63(57-35-47(5)29-48(6)36-57)71(65(73)41-55)75(59-15-11-9-12-16-59)67-25-21-51-20-24-62-68(26-22-52-19-23-61(67)69(51)70(52)62)76(60-17-13-10-14-18-60)72-64(58-37-49(7)30-50(8)38-58)40-56(42-66(72)74)54-33-45(3)28-46(4)34-54;1-43-15-23-47(24-16-43)53-39-59(49-27-19-45(3)20-28-49)67(61(69)41-53)71(55-11-7-5-8-12-55)63-37-33-51-32-36-58-64(38-34-52-31-35-57(63)65(51)66(52)58)72(56-13-9-6-10-14-56)68-60(50-29-21-46(4)22-30-50)40-54(42-62(68)70)48-25-17-44(2)18-26-48/h9-42H,1-8H3;5-42H,1-4H3/i9D,10D,11D,12D,13D,14D,15D,16D,17D,18D;5D,6D,7D,8D,9D,10D,11D,12D,13D,14D. The van der Waals surface area contributed by atoms with Crippen LogP contribution in [0.25, 0.3) is 154 Å². The van der Waals surface area contributed by atoms with Gasteiger partial charge in [-0.1, -0.05) is 382 Å². The molecule has 0 heterocycles. The molecule has 0 saturated carbocycles. The van der Waals surface area contributed by atoms with E-state index in [9.17, 15) is 11.0 Å². The van der Waals surface area contributed by atoms with Gasteiger partial charge in [0, 0.05) is 66.5 Å². The quantitative estimate of drug-likeness (QED) is 0.0557. The molecule has 0 fully saturated rings. The average Bonchev–Trinajstić information content (AvgIpc) is 0.707. The van der Waals surface area contributed by atoms with Gasteiger partial charge < -0.3 is 19.6 Å². The summed E-state index contributed by atoms with van der Waals surface area (Å²) < 4.78 is 256. The van der Waals surface area contributed by atoms with Crippen LogP contribution in [0, 0.1) is 106 Å². The Morgan fingerprint density at radius 2 is 0.345 bits per heavy atom. The molecule has 0 aliphatic carbocycles. The van der Waals surface area contributed by atoms with Crippen LogP contribution >= 0.6 is 0 Å². The predicted octanol–water partition coefficient (Wildman–Crippen LogP) is 40.6. The molecule has 0 bridgehead atoms. The summed E-state index contributed by atoms with van der Waals surface area (Å²) in [5, 5.41) is 7.19. The zero-order valence-corrected chi connectivity index (χ0v) is 83.3. The summed E-state index contributed by atoms with van der Waals surface area (Å²) in [4.78, 5) is 5.74. The smallest absolute Gasteiger partial charge is 0.148 e. The molecule has 24 aromatic rings. The summed E-state index contributed by atoms with van der Waals surface area (Å²) in [7, 11) is 0. The van der Waals surface area contributed by atoms with Gasteiger partial charge in [-0.05, 0) is 314 Å². The fourth-order valence-electron chi connectivity index (χ4n) is 21.5. The molecule has 148 heavy (non-hydrogen) atoms. The van der Waals surface area contributed by atoms with Gasteiger partial charge in [-0.25, -0.2) is 17.6 Å². The van der Waals surface area contributed by atoms with E-state index in [1.165, 1.54) is 43.9 Å². The summed E-state index contributed by atoms with van der Waals surface area (Å²) in [6, 6.07) is 84.6. The molecule has 0 aromatic heterocycles. The number of hydrogen-bond donors (Lipinski definition) is 0. The van der Waals surface area contributed by atoms with Crippen LogP contribution in [0.2, 0.25) is 0 Å². The molecule has 24 rings (SSSR count). The van der Waals surface area contributed by atoms with Crippen molar-refractivity contribution in [3.05, 3.63) is 526 Å². The van der Waals surface area contributed by atoms with Gasteiger partial charge in [0.15, 0.2) is 0 Å². The Balaban J connectivity index is 0.000000179. The van der Waals surface area contributed by atoms with E-state index in [-0.39, 0.29) is 68.2 Å². The van der Waals surface area contributed by atoms with Crippen LogP contribution in [0.3, 0.4) is 0 Å². The Morgan fingerprint density at radius 3 is 0.568 bits per heavy atom. The highest BCUT2D eigenvalue weighted by atomic mass is 19.1. The van der Waals surface area contributed by atoms with Crippen molar-refractivity contribution in [2.45, 2.75) is 83.1 Å². The molecule has 0 aliphatic rings. The van der Waals surface area contributed by atoms with E-state index in [1.807, 2.05) is 350 Å². The number of anilines is 12. The number of para-hydroxylation sites is 4. The van der Waals surface area contributed by atoms with E-state index >= 15 is 17.6 Å². The Labute approximate surface area is 891 Å². The highest BCUT2D eigenvalue weighted by Gasteiger charge is 2.33. The van der Waals surface area contributed by atoms with Crippen molar-refractivity contribution in [3.63, 3.8) is 0 Å². The zero-order chi connectivity index (χ0) is 119. The first-order valence-corrected chi connectivity index (χ1v) is 49.1. The minimum atomic E-state index is -0.734. The fraction of sp³-hybridized carbons (Fsp3) is 0.0857. The van der Waals surface area contributed by atoms with Crippen molar-refractivity contribution in [2.24, 2.45) is 0 Å². The molecule has 0 amide bonds. The summed E-state index contributed by atoms with van der Waals surface area (Å²) in [5.41, 5.74) is 20.3. The molecule has 0 aliphatic heterocycles. The number of halogens is 4. The van der Waals surface area contributed by atoms with E-state index in [2.05, 4.69) is 0 Å². The van der Waals surface area contributed by atoms with Crippen LogP contribution in [0.15, 0.2) is 436 Å². The first kappa shape index (κ1) is 73.4. The highest BCUT2D eigenvalue weighted by molar-refractivity contribution is 6.30. The highest BCUT2D eigenvalue weighted by Crippen LogP contribution is 2.57. The summed E-state index contributed by atoms with van der Waals surface area (Å²) >= 11 is 0. The van der Waals surface area contributed by atoms with Crippen molar-refractivity contribution in [1.29, 1.82) is 0 Å². The van der Waals surface area contributed by atoms with Crippen molar-refractivity contribution in [1.82, 2.24) is 0 Å². The molecular formula is C140H108F4N4. The molecule has 24 aromatic carbocycles. The van der Waals surface area contributed by atoms with Crippen molar-refractivity contribution >= 4 is 133 Å². The number of hydrogen-bond acceptors (Lipinski definition) is 4. The van der Waals surface area contributed by atoms with Crippen molar-refractivity contribution < 1.29 is 45.0 Å². The maximum absolute atomic E-state index is 18.4. The molecule has 0 atom stereocenters. The zero-order valence-electron chi connectivity index (χ0n) is 103. The van der Waals surface area contributed by atoms with Gasteiger partial charge in [0.2, 0.25) is 0 Å². The van der Waals surface area contributed by atoms with Gasteiger partial charge >= 0.3 is 0 Å². The molecule has 0 saturated heterocycles. The van der Waals surface area contributed by atoms with Gasteiger partial charge in [0.05, 0.1) is 72.9 Å². The molecular weight excluding hydrogens is 1810 g/mol. The van der Waals surface area contributed by atoms with Crippen LogP contribution in [-0.2, 0) is 0 Å². The minimum Gasteiger partial charge on any atom is -0.307 e. The van der Waals surface area contributed by atoms with Gasteiger partial charge in [-0.15, -0.1) is 0 Å². The SMILES string of the molecule is [2H]c1c([2H])c([2H])c(N(c2c(F)cc(-c3cc(C)cc(C)c3)cc2-c2cc(C)cc(C)c2)c2ccc3ccc4c(N(c5c(F)cc(-c6cc(C)cc(C)c6)cc5-c5cc(C)cc(C)c5)c5c([2H])c([2H])c([2H])c([2H])c5[2H])ccc5ccc2c3c54)c([2H])c1[2H].[2H]c1c([2H])c([2H])c(N(c2c(F)cc(-c3ccc(C)cc3)cc2-c2ccc(C)cc2)c2ccc3ccc4c(N(c5c(F)cc(-c6ccc(C)cc6)cc5-c5ccc(C)cc5)c5c([2H])c([2H])c([2H])c([2H])c5[2H])ccc5ccc2c3c54)c([2H])c1[2H]. The normalized spacial score (nSPS) is 13.4. The number of rotatable bonds is 20. The Bertz CT molecular complexity index is 9830. The Kier molecular flexibility index (Phi) is 19.2. The second-order valence-electron chi connectivity index (χ2n) is 38.8. The lowest BCUT2D eigenvalue weighted by atomic mass is 9.90. The lowest BCUT2D eigenvalue weighted by Gasteiger charge is -2.32. The van der Waals surface area contributed by atoms with Gasteiger partial charge in [-0.2, -0.15) is 0 Å². The van der Waals surface area contributed by atoms with E-state index in [0.717, 1.165) is 89.0 Å². The molecule has 8 heteroatoms. The lowest BCUT2D eigenvalue weighted by Crippen LogP contribution is -2.15. The number of aryl methyl sites for hydroxylation is 12. The Hall–Kier alpha value is -17.7. The van der Waals surface area contributed by atoms with Crippen molar-refractivity contribution in [3.8, 4) is 89.0 Å². The van der Waals surface area contributed by atoms with Crippen LogP contribution < -0.4 is 19.6 Å². The first-order valence-electron chi connectivity index (χ1n) is 59.1. The summed E-state index contributed by atoms with van der Waals surface area (Å²) in [5.74, 6) is -2.92. The second-order valence-corrected chi connectivity index (χ2v) is 38.8. The van der Waals surface area contributed by atoms with E-state index < -0.39 is 144 Å². The minimum absolute atomic E-state index is 0.0663. The third-order valence-corrected chi connectivity index (χ3v) is 27.9. The molecule has 716 valence electrons. The molecule has 4 nitrogen and oxygen atoms in total. The summed E-state index contributed by atoms with van der Waals surface area (Å²) in [6.45, 7) is 23.5. The molecule has 0 radical (unpaired) electrons. The second kappa shape index (κ2) is 38.8. The van der Waals surface area contributed by atoms with Crippen LogP contribution in [0.1, 0.15) is 94.2 Å². The van der Waals surface area contributed by atoms with Gasteiger partial charge in [-0.3, -0.25) is 0 Å². The van der Waals surface area contributed by atoms with E-state index in [0.29, 0.717) is 131 Å². The van der Waals surface area contributed by atoms with Gasteiger partial charge in [0.1, 0.15) is 23.3 Å². The van der Waals surface area contributed by atoms with Crippen LogP contribution in [0.4, 0.5) is 85.8 Å². The summed E-state index contributed by atoms with van der Waals surface area (Å²) in [6.07, 6.45) is 0. The maximum Gasteiger partial charge on any atom is 0.148 e. The van der Waals surface area contributed by atoms with Crippen LogP contribution in [0.5, 0.6) is 0 Å². The average molecular weight is 1940 g/mol. The maximum atomic E-state index is 18.4. The van der Waals surface area contributed by atoms with Crippen LogP contribution in [-0.4, -0.2) is 0 Å². The van der Waals surface area contributed by atoms with Gasteiger partial charge in [0.25, 0.3) is 0 Å². The number of nitrogens with zero attached hydrogens (tertiary/aromatic N) is 4. The third kappa shape index (κ3) is 17.7. The van der Waals surface area contributed by atoms with E-state index in [1.54, 1.807) is 24.3 Å². The number of benzene rings is 24. The van der Waals surface area contributed by atoms with E-state index in [4.69, 9.17) is 16.4 Å². The lowest BCUT2D eigenvalue weighted by molar-refractivity contribution is 0.629. The molecule has 0 spiro atoms. The van der Waals surface area contributed by atoms with Crippen molar-refractivity contribution in [2.75, 3.05) is 19.6 Å². The third-order valence-electron chi connectivity index (χ3n) is 27.9. The topological polar surface area (TPSA) is 13.0 Å². The molecule has 0 N–H and O–H groups in total. The molecule has 0 unspecified atom stereocenters. The Morgan fingerprint density at radius 1 is 0.162 bits per heavy atom. The first-order chi connectivity index (χ1) is 80.2. The predicted molar refractivity (Wildman–Crippen MR) is 619 cm³/mol. The fourth-order valence-corrected chi connectivity index (χ4v) is 21.5. The monoisotopic (exact) mass is 1940 g/mol. The largest absolute Gasteiger partial charge is 0.307 e.